The molecule has 0 spiro atoms. The standard InChI is InChI=1S/C15H8F5N5O/c16-11-9(12(17)14(19)15(20)13(11)18)5-10(26)22-7-2-1-3-8(4-7)25-6-21-23-24-25/h1-4,6H,5H2,(H,22,26). The van der Waals surface area contributed by atoms with Gasteiger partial charge in [0.05, 0.1) is 12.1 Å². The van der Waals surface area contributed by atoms with Gasteiger partial charge in [0.1, 0.15) is 6.33 Å². The Morgan fingerprint density at radius 1 is 1.00 bits per heavy atom. The zero-order chi connectivity index (χ0) is 18.8. The molecule has 1 amide bonds. The van der Waals surface area contributed by atoms with Gasteiger partial charge in [-0.05, 0) is 28.6 Å². The van der Waals surface area contributed by atoms with Crippen molar-refractivity contribution in [1.82, 2.24) is 20.2 Å². The van der Waals surface area contributed by atoms with Crippen LogP contribution in [-0.2, 0) is 11.2 Å². The number of rotatable bonds is 4. The molecular formula is C15H8F5N5O. The second-order valence-electron chi connectivity index (χ2n) is 5.08. The van der Waals surface area contributed by atoms with Gasteiger partial charge in [0.25, 0.3) is 0 Å². The van der Waals surface area contributed by atoms with Crippen molar-refractivity contribution in [3.8, 4) is 5.69 Å². The van der Waals surface area contributed by atoms with Crippen molar-refractivity contribution in [3.05, 3.63) is 65.2 Å². The molecule has 3 rings (SSSR count). The monoisotopic (exact) mass is 369 g/mol. The SMILES string of the molecule is O=C(Cc1c(F)c(F)c(F)c(F)c1F)Nc1cccc(-n2cnnn2)c1. The first-order chi connectivity index (χ1) is 12.4. The van der Waals surface area contributed by atoms with Gasteiger partial charge in [-0.25, -0.2) is 26.6 Å². The molecule has 0 saturated heterocycles. The number of amides is 1. The van der Waals surface area contributed by atoms with E-state index in [1.54, 1.807) is 12.1 Å². The van der Waals surface area contributed by atoms with Gasteiger partial charge in [0.2, 0.25) is 11.7 Å². The van der Waals surface area contributed by atoms with E-state index in [0.29, 0.717) is 5.69 Å². The number of hydrogen-bond acceptors (Lipinski definition) is 4. The summed E-state index contributed by atoms with van der Waals surface area (Å²) in [6.07, 6.45) is 0.261. The normalized spacial score (nSPS) is 10.8. The van der Waals surface area contributed by atoms with Crippen molar-refractivity contribution in [3.63, 3.8) is 0 Å². The minimum atomic E-state index is -2.28. The van der Waals surface area contributed by atoms with Crippen molar-refractivity contribution in [2.45, 2.75) is 6.42 Å². The molecule has 0 atom stereocenters. The van der Waals surface area contributed by atoms with Crippen LogP contribution in [0.1, 0.15) is 5.56 Å². The van der Waals surface area contributed by atoms with Crippen LogP contribution in [-0.4, -0.2) is 26.1 Å². The molecule has 0 aliphatic carbocycles. The molecule has 1 aromatic heterocycles. The van der Waals surface area contributed by atoms with Gasteiger partial charge in [-0.3, -0.25) is 4.79 Å². The average molecular weight is 369 g/mol. The Morgan fingerprint density at radius 3 is 2.27 bits per heavy atom. The van der Waals surface area contributed by atoms with Crippen LogP contribution in [0.2, 0.25) is 0 Å². The van der Waals surface area contributed by atoms with Gasteiger partial charge >= 0.3 is 0 Å². The summed E-state index contributed by atoms with van der Waals surface area (Å²) < 4.78 is 67.9. The Morgan fingerprint density at radius 2 is 1.65 bits per heavy atom. The molecule has 0 unspecified atom stereocenters. The fourth-order valence-corrected chi connectivity index (χ4v) is 2.18. The maximum atomic E-state index is 13.6. The van der Waals surface area contributed by atoms with E-state index < -0.39 is 47.0 Å². The highest BCUT2D eigenvalue weighted by molar-refractivity contribution is 5.92. The number of benzene rings is 2. The maximum absolute atomic E-state index is 13.6. The van der Waals surface area contributed by atoms with Gasteiger partial charge in [0, 0.05) is 11.3 Å². The fourth-order valence-electron chi connectivity index (χ4n) is 2.18. The quantitative estimate of drug-likeness (QED) is 0.436. The lowest BCUT2D eigenvalue weighted by atomic mass is 10.1. The zero-order valence-electron chi connectivity index (χ0n) is 12.7. The van der Waals surface area contributed by atoms with Crippen molar-refractivity contribution >= 4 is 11.6 Å². The number of nitrogens with one attached hydrogen (secondary N) is 1. The number of aromatic nitrogens is 4. The summed E-state index contributed by atoms with van der Waals surface area (Å²) in [5.41, 5.74) is -0.522. The predicted octanol–water partition coefficient (Wildman–Crippen LogP) is 2.54. The van der Waals surface area contributed by atoms with Crippen molar-refractivity contribution in [1.29, 1.82) is 0 Å². The van der Waals surface area contributed by atoms with Gasteiger partial charge in [0.15, 0.2) is 23.3 Å². The lowest BCUT2D eigenvalue weighted by molar-refractivity contribution is -0.115. The first-order valence-electron chi connectivity index (χ1n) is 7.02. The highest BCUT2D eigenvalue weighted by atomic mass is 19.2. The highest BCUT2D eigenvalue weighted by Crippen LogP contribution is 2.24. The third-order valence-corrected chi connectivity index (χ3v) is 3.38. The summed E-state index contributed by atoms with van der Waals surface area (Å²) >= 11 is 0. The van der Waals surface area contributed by atoms with Gasteiger partial charge in [-0.2, -0.15) is 0 Å². The first kappa shape index (κ1) is 17.5. The summed E-state index contributed by atoms with van der Waals surface area (Å²) in [5.74, 6) is -11.5. The van der Waals surface area contributed by atoms with E-state index in [4.69, 9.17) is 0 Å². The largest absolute Gasteiger partial charge is 0.326 e. The number of anilines is 1. The summed E-state index contributed by atoms with van der Waals surface area (Å²) in [7, 11) is 0. The molecule has 0 aliphatic rings. The third kappa shape index (κ3) is 3.23. The smallest absolute Gasteiger partial charge is 0.229 e. The number of nitrogens with zero attached hydrogens (tertiary/aromatic N) is 4. The minimum absolute atomic E-state index is 0.215. The van der Waals surface area contributed by atoms with Gasteiger partial charge in [-0.1, -0.05) is 6.07 Å². The minimum Gasteiger partial charge on any atom is -0.326 e. The van der Waals surface area contributed by atoms with Crippen LogP contribution in [0.4, 0.5) is 27.6 Å². The number of carbonyl (C=O) groups is 1. The number of halogens is 5. The molecule has 6 nitrogen and oxygen atoms in total. The van der Waals surface area contributed by atoms with Crippen LogP contribution in [0.5, 0.6) is 0 Å². The Kier molecular flexibility index (Phi) is 4.61. The summed E-state index contributed by atoms with van der Waals surface area (Å²) in [5, 5.41) is 12.9. The van der Waals surface area contributed by atoms with Crippen LogP contribution in [0, 0.1) is 29.1 Å². The Balaban J connectivity index is 1.82. The van der Waals surface area contributed by atoms with Crippen LogP contribution >= 0.6 is 0 Å². The Hall–Kier alpha value is -3.37. The van der Waals surface area contributed by atoms with E-state index in [1.165, 1.54) is 23.1 Å². The molecule has 3 aromatic rings. The number of carbonyl (C=O) groups excluding carboxylic acids is 1. The number of hydrogen-bond donors (Lipinski definition) is 1. The van der Waals surface area contributed by atoms with Crippen molar-refractivity contribution in [2.75, 3.05) is 5.32 Å². The van der Waals surface area contributed by atoms with Crippen molar-refractivity contribution < 1.29 is 26.7 Å². The van der Waals surface area contributed by atoms with Crippen LogP contribution in [0.25, 0.3) is 5.69 Å². The average Bonchev–Trinajstić information content (AvgIpc) is 3.17. The molecule has 0 saturated carbocycles. The third-order valence-electron chi connectivity index (χ3n) is 3.38. The Labute approximate surface area is 142 Å². The molecule has 0 aliphatic heterocycles. The topological polar surface area (TPSA) is 72.7 Å². The lowest BCUT2D eigenvalue weighted by Crippen LogP contribution is -2.18. The molecule has 0 radical (unpaired) electrons. The summed E-state index contributed by atoms with van der Waals surface area (Å²) in [4.78, 5) is 12.0. The number of tetrazole rings is 1. The fraction of sp³-hybridized carbons (Fsp3) is 0.0667. The van der Waals surface area contributed by atoms with E-state index >= 15 is 0 Å². The molecule has 1 N–H and O–H groups in total. The Bertz CT molecular complexity index is 948. The molecule has 0 fully saturated rings. The summed E-state index contributed by atoms with van der Waals surface area (Å²) in [6, 6.07) is 6.08. The highest BCUT2D eigenvalue weighted by Gasteiger charge is 2.26. The maximum Gasteiger partial charge on any atom is 0.229 e. The van der Waals surface area contributed by atoms with Crippen LogP contribution in [0.15, 0.2) is 30.6 Å². The summed E-state index contributed by atoms with van der Waals surface area (Å²) in [6.45, 7) is 0. The molecule has 1 heterocycles. The van der Waals surface area contributed by atoms with Crippen molar-refractivity contribution in [2.24, 2.45) is 0 Å². The second kappa shape index (κ2) is 6.86. The van der Waals surface area contributed by atoms with E-state index in [0.717, 1.165) is 0 Å². The van der Waals surface area contributed by atoms with E-state index in [2.05, 4.69) is 20.8 Å². The van der Waals surface area contributed by atoms with E-state index in [-0.39, 0.29) is 5.69 Å². The molecule has 11 heteroatoms. The molecule has 0 bridgehead atoms. The molecule has 2 aromatic carbocycles. The van der Waals surface area contributed by atoms with Gasteiger partial charge < -0.3 is 5.32 Å². The van der Waals surface area contributed by atoms with E-state index in [1.807, 2.05) is 0 Å². The zero-order valence-corrected chi connectivity index (χ0v) is 12.7. The van der Waals surface area contributed by atoms with Gasteiger partial charge in [-0.15, -0.1) is 5.10 Å². The van der Waals surface area contributed by atoms with Crippen LogP contribution < -0.4 is 5.32 Å². The molecule has 26 heavy (non-hydrogen) atoms. The van der Waals surface area contributed by atoms with Crippen LogP contribution in [0.3, 0.4) is 0 Å². The molecular weight excluding hydrogens is 361 g/mol. The van der Waals surface area contributed by atoms with E-state index in [9.17, 15) is 26.7 Å². The molecule has 134 valence electrons. The first-order valence-corrected chi connectivity index (χ1v) is 7.02. The second-order valence-corrected chi connectivity index (χ2v) is 5.08. The lowest BCUT2D eigenvalue weighted by Gasteiger charge is -2.10. The predicted molar refractivity (Wildman–Crippen MR) is 77.7 cm³/mol.